The molecule has 1 aliphatic rings. The maximum Gasteiger partial charge on any atom is 0.136 e. The first-order valence-corrected chi connectivity index (χ1v) is 5.34. The number of aliphatic hydroxyl groups excluding tert-OH is 1. The van der Waals surface area contributed by atoms with E-state index in [9.17, 15) is 0 Å². The minimum Gasteiger partial charge on any atom is -0.395 e. The fraction of sp³-hybridized carbons (Fsp3) is 0.500. The molecule has 3 nitrogen and oxygen atoms in total. The molecule has 0 aliphatic carbocycles. The minimum absolute atomic E-state index is 0.0257. The zero-order chi connectivity index (χ0) is 10.7. The lowest BCUT2D eigenvalue weighted by molar-refractivity contribution is 0.0252. The number of hydrogen-bond donors (Lipinski definition) is 1. The lowest BCUT2D eigenvalue weighted by Crippen LogP contribution is -2.27. The Kier molecular flexibility index (Phi) is 3.36. The maximum absolute atomic E-state index is 8.94. The third-order valence-electron chi connectivity index (χ3n) is 2.74. The number of rotatable bonds is 3. The summed E-state index contributed by atoms with van der Waals surface area (Å²) in [6.07, 6.45) is 0.0257. The molecule has 1 aliphatic heterocycles. The highest BCUT2D eigenvalue weighted by Crippen LogP contribution is 2.26. The van der Waals surface area contributed by atoms with Crippen LogP contribution in [0.4, 0.5) is 0 Å². The van der Waals surface area contributed by atoms with E-state index in [1.54, 1.807) is 0 Å². The van der Waals surface area contributed by atoms with Gasteiger partial charge in [-0.15, -0.1) is 0 Å². The standard InChI is InChI=1S/C12H17NO2/c1-10-2-4-11(5-3-10)12-13(6-8-14)7-9-15-12/h2-5,12,14H,6-9H2,1H3. The number of β-amino-alcohol motifs (C(OH)–C–C–N with tert-alkyl or cyclic N) is 1. The third-order valence-corrected chi connectivity index (χ3v) is 2.74. The Hall–Kier alpha value is -0.900. The van der Waals surface area contributed by atoms with Gasteiger partial charge in [0.25, 0.3) is 0 Å². The molecule has 0 radical (unpaired) electrons. The highest BCUT2D eigenvalue weighted by Gasteiger charge is 2.25. The van der Waals surface area contributed by atoms with Gasteiger partial charge in [0, 0.05) is 13.1 Å². The summed E-state index contributed by atoms with van der Waals surface area (Å²) in [6.45, 7) is 4.59. The van der Waals surface area contributed by atoms with E-state index < -0.39 is 0 Å². The largest absolute Gasteiger partial charge is 0.395 e. The average molecular weight is 207 g/mol. The quantitative estimate of drug-likeness (QED) is 0.811. The zero-order valence-corrected chi connectivity index (χ0v) is 9.02. The van der Waals surface area contributed by atoms with E-state index in [1.807, 2.05) is 0 Å². The van der Waals surface area contributed by atoms with Crippen molar-refractivity contribution in [3.8, 4) is 0 Å². The van der Waals surface area contributed by atoms with Crippen molar-refractivity contribution < 1.29 is 9.84 Å². The van der Waals surface area contributed by atoms with Gasteiger partial charge in [-0.25, -0.2) is 0 Å². The van der Waals surface area contributed by atoms with Crippen LogP contribution in [0.15, 0.2) is 24.3 Å². The summed E-state index contributed by atoms with van der Waals surface area (Å²) in [5, 5.41) is 8.94. The van der Waals surface area contributed by atoms with E-state index in [0.717, 1.165) is 13.2 Å². The molecule has 0 amide bonds. The Morgan fingerprint density at radius 2 is 2.13 bits per heavy atom. The number of aryl methyl sites for hydroxylation is 1. The summed E-state index contributed by atoms with van der Waals surface area (Å²) in [4.78, 5) is 2.16. The van der Waals surface area contributed by atoms with Crippen molar-refractivity contribution in [2.45, 2.75) is 13.2 Å². The van der Waals surface area contributed by atoms with Gasteiger partial charge in [-0.2, -0.15) is 0 Å². The Morgan fingerprint density at radius 1 is 1.40 bits per heavy atom. The minimum atomic E-state index is 0.0257. The van der Waals surface area contributed by atoms with Crippen LogP contribution < -0.4 is 0 Å². The smallest absolute Gasteiger partial charge is 0.136 e. The monoisotopic (exact) mass is 207 g/mol. The summed E-state index contributed by atoms with van der Waals surface area (Å²) in [7, 11) is 0. The molecular weight excluding hydrogens is 190 g/mol. The molecule has 1 unspecified atom stereocenters. The van der Waals surface area contributed by atoms with E-state index in [4.69, 9.17) is 9.84 Å². The molecule has 0 bridgehead atoms. The molecule has 82 valence electrons. The van der Waals surface area contributed by atoms with Crippen LogP contribution in [-0.2, 0) is 4.74 Å². The summed E-state index contributed by atoms with van der Waals surface area (Å²) in [5.41, 5.74) is 2.43. The van der Waals surface area contributed by atoms with E-state index in [2.05, 4.69) is 36.1 Å². The van der Waals surface area contributed by atoms with Crippen LogP contribution >= 0.6 is 0 Å². The van der Waals surface area contributed by atoms with Gasteiger partial charge in [0.1, 0.15) is 6.23 Å². The van der Waals surface area contributed by atoms with Crippen LogP contribution in [0, 0.1) is 6.92 Å². The van der Waals surface area contributed by atoms with E-state index >= 15 is 0 Å². The Labute approximate surface area is 90.3 Å². The summed E-state index contributed by atoms with van der Waals surface area (Å²) >= 11 is 0. The molecule has 1 fully saturated rings. The molecule has 3 heteroatoms. The third kappa shape index (κ3) is 2.37. The van der Waals surface area contributed by atoms with Gasteiger partial charge in [0.15, 0.2) is 0 Å². The predicted molar refractivity (Wildman–Crippen MR) is 58.5 cm³/mol. The van der Waals surface area contributed by atoms with Gasteiger partial charge in [-0.1, -0.05) is 29.8 Å². The second kappa shape index (κ2) is 4.75. The predicted octanol–water partition coefficient (Wildman–Crippen LogP) is 1.32. The van der Waals surface area contributed by atoms with Crippen molar-refractivity contribution in [3.63, 3.8) is 0 Å². The highest BCUT2D eigenvalue weighted by atomic mass is 16.5. The summed E-state index contributed by atoms with van der Waals surface area (Å²) < 4.78 is 5.66. The molecule has 15 heavy (non-hydrogen) atoms. The highest BCUT2D eigenvalue weighted by molar-refractivity contribution is 5.23. The van der Waals surface area contributed by atoms with Crippen molar-refractivity contribution in [2.24, 2.45) is 0 Å². The lowest BCUT2D eigenvalue weighted by Gasteiger charge is -2.22. The first-order valence-electron chi connectivity index (χ1n) is 5.34. The average Bonchev–Trinajstić information content (AvgIpc) is 2.68. The molecule has 1 aromatic rings. The normalized spacial score (nSPS) is 22.1. The second-order valence-electron chi connectivity index (χ2n) is 3.89. The number of benzene rings is 1. The molecule has 1 heterocycles. The summed E-state index contributed by atoms with van der Waals surface area (Å²) in [6, 6.07) is 8.37. The van der Waals surface area contributed by atoms with Crippen molar-refractivity contribution in [1.82, 2.24) is 4.90 Å². The maximum atomic E-state index is 8.94. The molecule has 0 aromatic heterocycles. The van der Waals surface area contributed by atoms with Crippen molar-refractivity contribution in [2.75, 3.05) is 26.3 Å². The van der Waals surface area contributed by atoms with Crippen LogP contribution in [-0.4, -0.2) is 36.3 Å². The molecule has 1 N–H and O–H groups in total. The number of hydrogen-bond acceptors (Lipinski definition) is 3. The Morgan fingerprint density at radius 3 is 2.80 bits per heavy atom. The Balaban J connectivity index is 2.11. The van der Waals surface area contributed by atoms with Gasteiger partial charge >= 0.3 is 0 Å². The zero-order valence-electron chi connectivity index (χ0n) is 9.02. The molecular formula is C12H17NO2. The fourth-order valence-electron chi connectivity index (χ4n) is 1.90. The van der Waals surface area contributed by atoms with Crippen LogP contribution in [0.25, 0.3) is 0 Å². The van der Waals surface area contributed by atoms with Crippen LogP contribution in [0.1, 0.15) is 17.4 Å². The molecule has 1 saturated heterocycles. The van der Waals surface area contributed by atoms with Crippen molar-refractivity contribution in [3.05, 3.63) is 35.4 Å². The molecule has 0 saturated carbocycles. The molecule has 2 rings (SSSR count). The lowest BCUT2D eigenvalue weighted by atomic mass is 10.1. The van der Waals surface area contributed by atoms with Crippen molar-refractivity contribution in [1.29, 1.82) is 0 Å². The van der Waals surface area contributed by atoms with Crippen molar-refractivity contribution >= 4 is 0 Å². The number of ether oxygens (including phenoxy) is 1. The first-order chi connectivity index (χ1) is 7.31. The number of aliphatic hydroxyl groups is 1. The van der Waals surface area contributed by atoms with Gasteiger partial charge in [0.2, 0.25) is 0 Å². The van der Waals surface area contributed by atoms with Gasteiger partial charge < -0.3 is 9.84 Å². The van der Waals surface area contributed by atoms with Crippen LogP contribution in [0.2, 0.25) is 0 Å². The SMILES string of the molecule is Cc1ccc(C2OCCN2CCO)cc1. The van der Waals surface area contributed by atoms with Crippen LogP contribution in [0.5, 0.6) is 0 Å². The first kappa shape index (κ1) is 10.6. The fourth-order valence-corrected chi connectivity index (χ4v) is 1.90. The number of nitrogens with zero attached hydrogens (tertiary/aromatic N) is 1. The van der Waals surface area contributed by atoms with Crippen LogP contribution in [0.3, 0.4) is 0 Å². The van der Waals surface area contributed by atoms with E-state index in [0.29, 0.717) is 6.54 Å². The second-order valence-corrected chi connectivity index (χ2v) is 3.89. The molecule has 0 spiro atoms. The van der Waals surface area contributed by atoms with Gasteiger partial charge in [-0.3, -0.25) is 4.90 Å². The Bertz CT molecular complexity index is 310. The van der Waals surface area contributed by atoms with Gasteiger partial charge in [-0.05, 0) is 12.5 Å². The molecule has 1 aromatic carbocycles. The molecule has 1 atom stereocenters. The van der Waals surface area contributed by atoms with Gasteiger partial charge in [0.05, 0.1) is 13.2 Å². The van der Waals surface area contributed by atoms with E-state index in [-0.39, 0.29) is 12.8 Å². The topological polar surface area (TPSA) is 32.7 Å². The summed E-state index contributed by atoms with van der Waals surface area (Å²) in [5.74, 6) is 0. The van der Waals surface area contributed by atoms with E-state index in [1.165, 1.54) is 11.1 Å².